The maximum atomic E-state index is 12.7. The molecule has 2 aromatic carbocycles. The van der Waals surface area contributed by atoms with Gasteiger partial charge in [-0.3, -0.25) is 4.79 Å². The first-order chi connectivity index (χ1) is 13.2. The highest BCUT2D eigenvalue weighted by atomic mass is 35.5. The van der Waals surface area contributed by atoms with Crippen molar-refractivity contribution in [3.8, 4) is 0 Å². The fourth-order valence-corrected chi connectivity index (χ4v) is 7.62. The summed E-state index contributed by atoms with van der Waals surface area (Å²) in [5.41, 5.74) is 1.24. The van der Waals surface area contributed by atoms with Gasteiger partial charge in [0, 0.05) is 17.1 Å². The molecule has 1 unspecified atom stereocenters. The zero-order chi connectivity index (χ0) is 20.4. The van der Waals surface area contributed by atoms with E-state index in [2.05, 4.69) is 5.32 Å². The third kappa shape index (κ3) is 4.92. The Morgan fingerprint density at radius 3 is 2.50 bits per heavy atom. The van der Waals surface area contributed by atoms with Gasteiger partial charge in [-0.25, -0.2) is 16.8 Å². The SMILES string of the molecule is O=C(NCCc1ccc(Cl)cc1)c1cccc(S(=O)(=O)C2CCS(=O)(=O)C2)c1. The molecule has 1 aliphatic heterocycles. The van der Waals surface area contributed by atoms with Gasteiger partial charge in [-0.1, -0.05) is 29.8 Å². The van der Waals surface area contributed by atoms with Crippen LogP contribution >= 0.6 is 11.6 Å². The number of carbonyl (C=O) groups is 1. The minimum atomic E-state index is -3.81. The Kier molecular flexibility index (Phi) is 6.12. The van der Waals surface area contributed by atoms with Gasteiger partial charge in [-0.05, 0) is 48.7 Å². The van der Waals surface area contributed by atoms with E-state index in [4.69, 9.17) is 11.6 Å². The molecule has 0 radical (unpaired) electrons. The van der Waals surface area contributed by atoms with Crippen LogP contribution in [0.25, 0.3) is 0 Å². The third-order valence-electron chi connectivity index (χ3n) is 4.67. The van der Waals surface area contributed by atoms with Crippen molar-refractivity contribution in [1.82, 2.24) is 5.32 Å². The summed E-state index contributed by atoms with van der Waals surface area (Å²) in [6.07, 6.45) is 0.697. The molecule has 9 heteroatoms. The van der Waals surface area contributed by atoms with Crippen LogP contribution in [0.5, 0.6) is 0 Å². The quantitative estimate of drug-likeness (QED) is 0.741. The number of rotatable bonds is 6. The van der Waals surface area contributed by atoms with Crippen LogP contribution in [0.15, 0.2) is 53.4 Å². The van der Waals surface area contributed by atoms with Crippen LogP contribution < -0.4 is 5.32 Å². The summed E-state index contributed by atoms with van der Waals surface area (Å²) >= 11 is 5.84. The zero-order valence-corrected chi connectivity index (χ0v) is 17.4. The highest BCUT2D eigenvalue weighted by Gasteiger charge is 2.38. The van der Waals surface area contributed by atoms with E-state index in [-0.39, 0.29) is 34.3 Å². The molecule has 0 bridgehead atoms. The van der Waals surface area contributed by atoms with E-state index < -0.39 is 24.9 Å². The van der Waals surface area contributed by atoms with Crippen molar-refractivity contribution in [1.29, 1.82) is 0 Å². The predicted molar refractivity (Wildman–Crippen MR) is 108 cm³/mol. The number of halogens is 1. The monoisotopic (exact) mass is 441 g/mol. The molecule has 6 nitrogen and oxygen atoms in total. The van der Waals surface area contributed by atoms with E-state index in [1.54, 1.807) is 12.1 Å². The van der Waals surface area contributed by atoms with Crippen molar-refractivity contribution >= 4 is 37.2 Å². The maximum absolute atomic E-state index is 12.7. The van der Waals surface area contributed by atoms with Gasteiger partial charge >= 0.3 is 0 Å². The zero-order valence-electron chi connectivity index (χ0n) is 15.0. The Labute approximate surface area is 169 Å². The molecule has 28 heavy (non-hydrogen) atoms. The lowest BCUT2D eigenvalue weighted by atomic mass is 10.1. The molecule has 0 spiro atoms. The van der Waals surface area contributed by atoms with E-state index in [1.807, 2.05) is 12.1 Å². The lowest BCUT2D eigenvalue weighted by Gasteiger charge is -2.11. The number of sulfone groups is 2. The van der Waals surface area contributed by atoms with Gasteiger partial charge in [-0.2, -0.15) is 0 Å². The first kappa shape index (κ1) is 20.8. The molecule has 1 amide bonds. The van der Waals surface area contributed by atoms with Gasteiger partial charge in [-0.15, -0.1) is 0 Å². The third-order valence-corrected chi connectivity index (χ3v) is 9.09. The number of carbonyl (C=O) groups excluding carboxylic acids is 1. The summed E-state index contributed by atoms with van der Waals surface area (Å²) in [6.45, 7) is 0.387. The number of benzene rings is 2. The van der Waals surface area contributed by atoms with Gasteiger partial charge in [0.2, 0.25) is 0 Å². The van der Waals surface area contributed by atoms with Crippen LogP contribution in [0.2, 0.25) is 5.02 Å². The molecule has 0 aromatic heterocycles. The van der Waals surface area contributed by atoms with E-state index >= 15 is 0 Å². The standard InChI is InChI=1S/C19H20ClNO5S2/c20-16-6-4-14(5-7-16)8-10-21-19(22)15-2-1-3-17(12-15)28(25,26)18-9-11-27(23,24)13-18/h1-7,12,18H,8-11,13H2,(H,21,22). The first-order valence-electron chi connectivity index (χ1n) is 8.74. The fraction of sp³-hybridized carbons (Fsp3) is 0.316. The lowest BCUT2D eigenvalue weighted by Crippen LogP contribution is -2.26. The highest BCUT2D eigenvalue weighted by Crippen LogP contribution is 2.25. The minimum absolute atomic E-state index is 0.0278. The van der Waals surface area contributed by atoms with Crippen LogP contribution in [0.3, 0.4) is 0 Å². The average Bonchev–Trinajstić information content (AvgIpc) is 3.04. The molecule has 150 valence electrons. The molecule has 0 aliphatic carbocycles. The van der Waals surface area contributed by atoms with Crippen molar-refractivity contribution < 1.29 is 21.6 Å². The Balaban J connectivity index is 1.67. The fourth-order valence-electron chi connectivity index (χ4n) is 3.09. The molecule has 1 saturated heterocycles. The van der Waals surface area contributed by atoms with E-state index in [1.165, 1.54) is 24.3 Å². The van der Waals surface area contributed by atoms with Crippen molar-refractivity contribution in [2.75, 3.05) is 18.1 Å². The average molecular weight is 442 g/mol. The Bertz CT molecular complexity index is 1080. The maximum Gasteiger partial charge on any atom is 0.251 e. The predicted octanol–water partition coefficient (Wildman–Crippen LogP) is 2.27. The molecule has 1 aliphatic rings. The molecule has 1 heterocycles. The van der Waals surface area contributed by atoms with Gasteiger partial charge < -0.3 is 5.32 Å². The molecular formula is C19H20ClNO5S2. The number of nitrogens with one attached hydrogen (secondary N) is 1. The summed E-state index contributed by atoms with van der Waals surface area (Å²) in [5.74, 6) is -0.876. The molecule has 2 aromatic rings. The Morgan fingerprint density at radius 2 is 1.86 bits per heavy atom. The van der Waals surface area contributed by atoms with Crippen molar-refractivity contribution in [2.45, 2.75) is 23.0 Å². The molecular weight excluding hydrogens is 422 g/mol. The van der Waals surface area contributed by atoms with Crippen LogP contribution in [0.4, 0.5) is 0 Å². The molecule has 1 atom stereocenters. The number of hydrogen-bond donors (Lipinski definition) is 1. The largest absolute Gasteiger partial charge is 0.352 e. The summed E-state index contributed by atoms with van der Waals surface area (Å²) in [7, 11) is -7.13. The summed E-state index contributed by atoms with van der Waals surface area (Å²) in [6, 6.07) is 13.0. The lowest BCUT2D eigenvalue weighted by molar-refractivity contribution is 0.0954. The normalized spacial score (nSPS) is 18.7. The van der Waals surface area contributed by atoms with Crippen molar-refractivity contribution in [3.05, 3.63) is 64.7 Å². The second-order valence-electron chi connectivity index (χ2n) is 6.73. The number of amides is 1. The van der Waals surface area contributed by atoms with E-state index in [0.717, 1.165) is 5.56 Å². The van der Waals surface area contributed by atoms with Crippen LogP contribution in [0, 0.1) is 0 Å². The molecule has 1 N–H and O–H groups in total. The van der Waals surface area contributed by atoms with Gasteiger partial charge in [0.1, 0.15) is 0 Å². The Hall–Kier alpha value is -1.90. The topological polar surface area (TPSA) is 97.4 Å². The second-order valence-corrected chi connectivity index (χ2v) is 11.6. The van der Waals surface area contributed by atoms with Crippen LogP contribution in [-0.4, -0.2) is 46.0 Å². The summed E-state index contributed by atoms with van der Waals surface area (Å²) in [5, 5.41) is 2.44. The first-order valence-corrected chi connectivity index (χ1v) is 12.5. The van der Waals surface area contributed by atoms with Crippen molar-refractivity contribution in [2.24, 2.45) is 0 Å². The van der Waals surface area contributed by atoms with Gasteiger partial charge in [0.05, 0.1) is 21.7 Å². The van der Waals surface area contributed by atoms with Gasteiger partial charge in [0.25, 0.3) is 5.91 Å². The van der Waals surface area contributed by atoms with Crippen LogP contribution in [0.1, 0.15) is 22.3 Å². The van der Waals surface area contributed by atoms with E-state index in [0.29, 0.717) is 18.0 Å². The van der Waals surface area contributed by atoms with Crippen molar-refractivity contribution in [3.63, 3.8) is 0 Å². The molecule has 0 saturated carbocycles. The van der Waals surface area contributed by atoms with Gasteiger partial charge in [0.15, 0.2) is 19.7 Å². The highest BCUT2D eigenvalue weighted by molar-refractivity contribution is 7.96. The Morgan fingerprint density at radius 1 is 1.14 bits per heavy atom. The van der Waals surface area contributed by atoms with Crippen LogP contribution in [-0.2, 0) is 26.1 Å². The number of hydrogen-bond acceptors (Lipinski definition) is 5. The molecule has 3 rings (SSSR count). The summed E-state index contributed by atoms with van der Waals surface area (Å²) < 4.78 is 48.7. The smallest absolute Gasteiger partial charge is 0.251 e. The minimum Gasteiger partial charge on any atom is -0.352 e. The molecule has 1 fully saturated rings. The second kappa shape index (κ2) is 8.23. The summed E-state index contributed by atoms with van der Waals surface area (Å²) in [4.78, 5) is 12.3. The van der Waals surface area contributed by atoms with E-state index in [9.17, 15) is 21.6 Å².